The minimum Gasteiger partial charge on any atom is -0.466 e. The van der Waals surface area contributed by atoms with E-state index in [0.29, 0.717) is 31.3 Å². The van der Waals surface area contributed by atoms with Gasteiger partial charge in [-0.25, -0.2) is 0 Å². The van der Waals surface area contributed by atoms with E-state index in [4.69, 9.17) is 16.3 Å². The molecule has 6 heteroatoms. The summed E-state index contributed by atoms with van der Waals surface area (Å²) >= 11 is 6.06. The van der Waals surface area contributed by atoms with Crippen molar-refractivity contribution in [3.05, 3.63) is 71.5 Å². The van der Waals surface area contributed by atoms with E-state index in [9.17, 15) is 9.59 Å². The Bertz CT molecular complexity index is 785. The predicted octanol–water partition coefficient (Wildman–Crippen LogP) is 4.05. The molecular weight excluding hydrogens is 364 g/mol. The Morgan fingerprint density at radius 3 is 2.78 bits per heavy atom. The molecule has 0 atom stereocenters. The van der Waals surface area contributed by atoms with E-state index in [-0.39, 0.29) is 24.7 Å². The third kappa shape index (κ3) is 6.61. The number of carbonyl (C=O) groups is 2. The molecule has 0 unspecified atom stereocenters. The Labute approximate surface area is 165 Å². The van der Waals surface area contributed by atoms with Gasteiger partial charge in [0.15, 0.2) is 0 Å². The summed E-state index contributed by atoms with van der Waals surface area (Å²) in [5, 5.41) is 0.698. The number of amides is 1. The van der Waals surface area contributed by atoms with Crippen LogP contribution in [0.1, 0.15) is 31.0 Å². The summed E-state index contributed by atoms with van der Waals surface area (Å²) in [7, 11) is 0. The summed E-state index contributed by atoms with van der Waals surface area (Å²) in [6.45, 7) is 7.33. The summed E-state index contributed by atoms with van der Waals surface area (Å²) in [4.78, 5) is 25.7. The monoisotopic (exact) mass is 388 g/mol. The van der Waals surface area contributed by atoms with E-state index in [1.165, 1.54) is 0 Å². The lowest BCUT2D eigenvalue weighted by Gasteiger charge is -2.22. The van der Waals surface area contributed by atoms with Crippen LogP contribution in [0.2, 0.25) is 5.02 Å². The zero-order valence-corrected chi connectivity index (χ0v) is 16.3. The van der Waals surface area contributed by atoms with Crippen LogP contribution in [-0.2, 0) is 27.4 Å². The minimum absolute atomic E-state index is 0.0871. The Kier molecular flexibility index (Phi) is 8.14. The van der Waals surface area contributed by atoms with Gasteiger partial charge in [0, 0.05) is 36.4 Å². The fourth-order valence-corrected chi connectivity index (χ4v) is 3.00. The molecule has 2 rings (SSSR count). The Balaban J connectivity index is 2.03. The Morgan fingerprint density at radius 2 is 2.07 bits per heavy atom. The number of nitrogens with zero attached hydrogens (tertiary/aromatic N) is 2. The van der Waals surface area contributed by atoms with Gasteiger partial charge >= 0.3 is 5.97 Å². The van der Waals surface area contributed by atoms with Crippen molar-refractivity contribution in [1.29, 1.82) is 0 Å². The largest absolute Gasteiger partial charge is 0.466 e. The predicted molar refractivity (Wildman–Crippen MR) is 106 cm³/mol. The average Bonchev–Trinajstić information content (AvgIpc) is 3.06. The van der Waals surface area contributed by atoms with E-state index < -0.39 is 0 Å². The molecule has 144 valence electrons. The zero-order chi connectivity index (χ0) is 19.6. The van der Waals surface area contributed by atoms with Crippen LogP contribution >= 0.6 is 11.6 Å². The number of benzene rings is 1. The maximum Gasteiger partial charge on any atom is 0.306 e. The first-order chi connectivity index (χ1) is 13.0. The zero-order valence-electron chi connectivity index (χ0n) is 15.6. The van der Waals surface area contributed by atoms with Crippen LogP contribution in [0, 0.1) is 0 Å². The van der Waals surface area contributed by atoms with E-state index in [1.807, 2.05) is 42.6 Å². The van der Waals surface area contributed by atoms with Gasteiger partial charge in [-0.15, -0.1) is 6.58 Å². The average molecular weight is 389 g/mol. The van der Waals surface area contributed by atoms with Crippen LogP contribution in [0.25, 0.3) is 0 Å². The SMILES string of the molecule is C=CCN(Cc1cccn1Cc1cccc(Cl)c1)C(=O)CCC(=O)OCC. The number of hydrogen-bond acceptors (Lipinski definition) is 3. The van der Waals surface area contributed by atoms with Crippen LogP contribution in [-0.4, -0.2) is 34.5 Å². The number of carbonyl (C=O) groups excluding carboxylic acids is 2. The molecular formula is C21H25ClN2O3. The minimum atomic E-state index is -0.353. The lowest BCUT2D eigenvalue weighted by Crippen LogP contribution is -2.32. The third-order valence-electron chi connectivity index (χ3n) is 4.07. The summed E-state index contributed by atoms with van der Waals surface area (Å²) in [6.07, 6.45) is 3.88. The van der Waals surface area contributed by atoms with Crippen molar-refractivity contribution in [1.82, 2.24) is 9.47 Å². The number of rotatable bonds is 10. The van der Waals surface area contributed by atoms with Crippen LogP contribution in [0.15, 0.2) is 55.3 Å². The smallest absolute Gasteiger partial charge is 0.306 e. The molecule has 0 saturated heterocycles. The van der Waals surface area contributed by atoms with E-state index in [0.717, 1.165) is 11.3 Å². The van der Waals surface area contributed by atoms with Crippen molar-refractivity contribution >= 4 is 23.5 Å². The summed E-state index contributed by atoms with van der Waals surface area (Å²) in [5.74, 6) is -0.452. The molecule has 0 N–H and O–H groups in total. The van der Waals surface area contributed by atoms with Crippen molar-refractivity contribution in [2.45, 2.75) is 32.9 Å². The van der Waals surface area contributed by atoms with Crippen molar-refractivity contribution in [2.24, 2.45) is 0 Å². The van der Waals surface area contributed by atoms with Gasteiger partial charge in [-0.3, -0.25) is 9.59 Å². The van der Waals surface area contributed by atoms with Gasteiger partial charge in [0.2, 0.25) is 5.91 Å². The standard InChI is InChI=1S/C21H25ClN2O3/c1-3-12-24(20(25)10-11-21(26)27-4-2)16-19-9-6-13-23(19)15-17-7-5-8-18(22)14-17/h3,5-9,13-14H,1,4,10-12,15-16H2,2H3. The second-order valence-corrected chi connectivity index (χ2v) is 6.56. The van der Waals surface area contributed by atoms with Gasteiger partial charge in [-0.1, -0.05) is 29.8 Å². The van der Waals surface area contributed by atoms with Crippen molar-refractivity contribution in [3.8, 4) is 0 Å². The fraction of sp³-hybridized carbons (Fsp3) is 0.333. The summed E-state index contributed by atoms with van der Waals surface area (Å²) < 4.78 is 6.97. The van der Waals surface area contributed by atoms with E-state index >= 15 is 0 Å². The van der Waals surface area contributed by atoms with Crippen LogP contribution in [0.5, 0.6) is 0 Å². The van der Waals surface area contributed by atoms with Crippen LogP contribution in [0.3, 0.4) is 0 Å². The molecule has 0 aliphatic heterocycles. The lowest BCUT2D eigenvalue weighted by molar-refractivity contribution is -0.145. The number of ether oxygens (including phenoxy) is 1. The number of halogens is 1. The molecule has 2 aromatic rings. The summed E-state index contributed by atoms with van der Waals surface area (Å²) in [5.41, 5.74) is 2.09. The maximum atomic E-state index is 12.5. The normalized spacial score (nSPS) is 10.4. The number of aromatic nitrogens is 1. The first kappa shape index (κ1) is 20.8. The molecule has 0 saturated carbocycles. The number of hydrogen-bond donors (Lipinski definition) is 0. The molecule has 5 nitrogen and oxygen atoms in total. The molecule has 0 radical (unpaired) electrons. The van der Waals surface area contributed by atoms with Gasteiger partial charge in [0.1, 0.15) is 0 Å². The fourth-order valence-electron chi connectivity index (χ4n) is 2.79. The van der Waals surface area contributed by atoms with Gasteiger partial charge < -0.3 is 14.2 Å². The second kappa shape index (κ2) is 10.6. The topological polar surface area (TPSA) is 51.5 Å². The molecule has 1 heterocycles. The molecule has 0 fully saturated rings. The van der Waals surface area contributed by atoms with Gasteiger partial charge in [0.25, 0.3) is 0 Å². The van der Waals surface area contributed by atoms with Crippen molar-refractivity contribution < 1.29 is 14.3 Å². The van der Waals surface area contributed by atoms with E-state index in [2.05, 4.69) is 11.1 Å². The Morgan fingerprint density at radius 1 is 1.26 bits per heavy atom. The first-order valence-electron chi connectivity index (χ1n) is 8.96. The van der Waals surface area contributed by atoms with Crippen LogP contribution < -0.4 is 0 Å². The molecule has 0 aliphatic rings. The molecule has 1 amide bonds. The third-order valence-corrected chi connectivity index (χ3v) is 4.30. The lowest BCUT2D eigenvalue weighted by atomic mass is 10.2. The second-order valence-electron chi connectivity index (χ2n) is 6.13. The molecule has 27 heavy (non-hydrogen) atoms. The maximum absolute atomic E-state index is 12.5. The first-order valence-corrected chi connectivity index (χ1v) is 9.34. The highest BCUT2D eigenvalue weighted by atomic mass is 35.5. The van der Waals surface area contributed by atoms with Crippen molar-refractivity contribution in [3.63, 3.8) is 0 Å². The quantitative estimate of drug-likeness (QED) is 0.455. The van der Waals surface area contributed by atoms with Gasteiger partial charge in [-0.05, 0) is 36.8 Å². The van der Waals surface area contributed by atoms with E-state index in [1.54, 1.807) is 17.9 Å². The molecule has 0 aliphatic carbocycles. The molecule has 0 spiro atoms. The Hall–Kier alpha value is -2.53. The number of esters is 1. The van der Waals surface area contributed by atoms with Crippen LogP contribution in [0.4, 0.5) is 0 Å². The highest BCUT2D eigenvalue weighted by molar-refractivity contribution is 6.30. The summed E-state index contributed by atoms with van der Waals surface area (Å²) in [6, 6.07) is 11.6. The molecule has 1 aromatic heterocycles. The highest BCUT2D eigenvalue weighted by Crippen LogP contribution is 2.15. The van der Waals surface area contributed by atoms with Crippen molar-refractivity contribution in [2.75, 3.05) is 13.2 Å². The molecule has 0 bridgehead atoms. The molecule has 1 aromatic carbocycles. The van der Waals surface area contributed by atoms with Gasteiger partial charge in [-0.2, -0.15) is 0 Å². The highest BCUT2D eigenvalue weighted by Gasteiger charge is 2.16. The van der Waals surface area contributed by atoms with Gasteiger partial charge in [0.05, 0.1) is 19.6 Å².